The van der Waals surface area contributed by atoms with Crippen molar-refractivity contribution in [3.63, 3.8) is 0 Å². The molecule has 0 spiro atoms. The zero-order valence-electron chi connectivity index (χ0n) is 19.9. The number of benzene rings is 1. The normalized spacial score (nSPS) is 18.3. The monoisotopic (exact) mass is 439 g/mol. The standard InChI is InChI=1S/C25H37N3O2Si/c1-20(24-19-28(27-26-24)18-23-14-7-8-15-29-23)22-13-9-11-21(17-22)12-10-16-30-31(5,6)25(2,3)4/h9,11,13,17,19-20,23H,7-8,14-16,18H2,1-6H3. The Morgan fingerprint density at radius 2 is 2.10 bits per heavy atom. The minimum Gasteiger partial charge on any atom is -0.406 e. The van der Waals surface area contributed by atoms with Gasteiger partial charge in [0.2, 0.25) is 0 Å². The Morgan fingerprint density at radius 3 is 2.81 bits per heavy atom. The van der Waals surface area contributed by atoms with E-state index in [9.17, 15) is 0 Å². The fourth-order valence-corrected chi connectivity index (χ4v) is 4.25. The number of ether oxygens (including phenoxy) is 1. The van der Waals surface area contributed by atoms with Crippen LogP contribution in [0.1, 0.15) is 69.7 Å². The predicted octanol–water partition coefficient (Wildman–Crippen LogP) is 5.37. The molecule has 1 aromatic heterocycles. The van der Waals surface area contributed by atoms with E-state index in [1.807, 2.05) is 16.9 Å². The summed E-state index contributed by atoms with van der Waals surface area (Å²) in [6.45, 7) is 15.5. The summed E-state index contributed by atoms with van der Waals surface area (Å²) < 4.78 is 13.9. The zero-order valence-corrected chi connectivity index (χ0v) is 20.9. The minimum atomic E-state index is -1.76. The van der Waals surface area contributed by atoms with Gasteiger partial charge in [-0.2, -0.15) is 0 Å². The van der Waals surface area contributed by atoms with Crippen molar-refractivity contribution in [1.29, 1.82) is 0 Å². The molecule has 2 aromatic rings. The third-order valence-electron chi connectivity index (χ3n) is 6.60. The Bertz CT molecular complexity index is 915. The van der Waals surface area contributed by atoms with Crippen LogP contribution in [0.2, 0.25) is 18.1 Å². The quantitative estimate of drug-likeness (QED) is 0.448. The van der Waals surface area contributed by atoms with E-state index in [1.165, 1.54) is 12.0 Å². The van der Waals surface area contributed by atoms with Gasteiger partial charge in [-0.05, 0) is 55.1 Å². The van der Waals surface area contributed by atoms with Crippen LogP contribution in [0.15, 0.2) is 30.5 Å². The molecule has 1 aromatic carbocycles. The number of rotatable bonds is 6. The summed E-state index contributed by atoms with van der Waals surface area (Å²) in [5, 5.41) is 8.95. The molecule has 168 valence electrons. The number of aromatic nitrogens is 3. The van der Waals surface area contributed by atoms with Crippen molar-refractivity contribution in [2.75, 3.05) is 13.2 Å². The van der Waals surface area contributed by atoms with E-state index >= 15 is 0 Å². The molecule has 0 saturated carbocycles. The molecule has 3 rings (SSSR count). The molecule has 6 heteroatoms. The van der Waals surface area contributed by atoms with Gasteiger partial charge < -0.3 is 9.16 Å². The highest BCUT2D eigenvalue weighted by Crippen LogP contribution is 2.36. The maximum Gasteiger partial charge on any atom is 0.193 e. The molecule has 2 unspecified atom stereocenters. The summed E-state index contributed by atoms with van der Waals surface area (Å²) in [7, 11) is -1.76. The van der Waals surface area contributed by atoms with E-state index in [0.717, 1.165) is 37.3 Å². The second kappa shape index (κ2) is 10.1. The predicted molar refractivity (Wildman–Crippen MR) is 128 cm³/mol. The average Bonchev–Trinajstić information content (AvgIpc) is 3.19. The van der Waals surface area contributed by atoms with Gasteiger partial charge in [-0.3, -0.25) is 0 Å². The van der Waals surface area contributed by atoms with Gasteiger partial charge in [0.1, 0.15) is 0 Å². The lowest BCUT2D eigenvalue weighted by molar-refractivity contribution is 0.00369. The molecular formula is C25H37N3O2Si. The van der Waals surface area contributed by atoms with Gasteiger partial charge >= 0.3 is 0 Å². The van der Waals surface area contributed by atoms with E-state index in [2.05, 4.69) is 81.1 Å². The van der Waals surface area contributed by atoms with E-state index < -0.39 is 8.32 Å². The van der Waals surface area contributed by atoms with Gasteiger partial charge in [0.05, 0.1) is 24.9 Å². The first kappa shape index (κ1) is 23.7. The van der Waals surface area contributed by atoms with E-state index in [0.29, 0.717) is 6.61 Å². The molecule has 2 heterocycles. The van der Waals surface area contributed by atoms with Crippen LogP contribution in [0.3, 0.4) is 0 Å². The molecule has 0 amide bonds. The van der Waals surface area contributed by atoms with Crippen LogP contribution >= 0.6 is 0 Å². The van der Waals surface area contributed by atoms with E-state index in [-0.39, 0.29) is 17.1 Å². The maximum absolute atomic E-state index is 6.16. The summed E-state index contributed by atoms with van der Waals surface area (Å²) in [5.74, 6) is 6.62. The molecule has 5 nitrogen and oxygen atoms in total. The van der Waals surface area contributed by atoms with Crippen molar-refractivity contribution in [3.8, 4) is 11.8 Å². The number of hydrogen-bond acceptors (Lipinski definition) is 4. The number of nitrogens with zero attached hydrogens (tertiary/aromatic N) is 3. The van der Waals surface area contributed by atoms with Gasteiger partial charge in [0.15, 0.2) is 8.32 Å². The second-order valence-electron chi connectivity index (χ2n) is 10.1. The van der Waals surface area contributed by atoms with Gasteiger partial charge in [0.25, 0.3) is 0 Å². The minimum absolute atomic E-state index is 0.159. The molecular weight excluding hydrogens is 402 g/mol. The lowest BCUT2D eigenvalue weighted by Gasteiger charge is -2.35. The maximum atomic E-state index is 6.16. The summed E-state index contributed by atoms with van der Waals surface area (Å²) in [6.07, 6.45) is 5.80. The highest BCUT2D eigenvalue weighted by Gasteiger charge is 2.36. The average molecular weight is 440 g/mol. The van der Waals surface area contributed by atoms with Crippen LogP contribution in [-0.4, -0.2) is 42.6 Å². The van der Waals surface area contributed by atoms with Gasteiger partial charge in [-0.15, -0.1) is 5.10 Å². The third kappa shape index (κ3) is 6.52. The molecule has 1 fully saturated rings. The Kier molecular flexibility index (Phi) is 7.74. The molecule has 2 atom stereocenters. The first-order chi connectivity index (χ1) is 14.7. The van der Waals surface area contributed by atoms with Crippen LogP contribution in [0.5, 0.6) is 0 Å². The zero-order chi connectivity index (χ0) is 22.5. The second-order valence-corrected chi connectivity index (χ2v) is 14.9. The van der Waals surface area contributed by atoms with Crippen molar-refractivity contribution < 1.29 is 9.16 Å². The fraction of sp³-hybridized carbons (Fsp3) is 0.600. The van der Waals surface area contributed by atoms with Gasteiger partial charge in [-0.1, -0.05) is 56.9 Å². The molecule has 0 radical (unpaired) electrons. The molecule has 0 bridgehead atoms. The SMILES string of the molecule is CC(c1cccc(C#CCO[Si](C)(C)C(C)(C)C)c1)c1cn(CC2CCCCO2)nn1. The summed E-state index contributed by atoms with van der Waals surface area (Å²) in [4.78, 5) is 0. The van der Waals surface area contributed by atoms with Crippen molar-refractivity contribution >= 4 is 8.32 Å². The van der Waals surface area contributed by atoms with Gasteiger partial charge in [0, 0.05) is 24.3 Å². The fourth-order valence-electron chi connectivity index (χ4n) is 3.39. The Morgan fingerprint density at radius 1 is 1.29 bits per heavy atom. The Balaban J connectivity index is 1.61. The highest BCUT2D eigenvalue weighted by molar-refractivity contribution is 6.74. The topological polar surface area (TPSA) is 49.2 Å². The lowest BCUT2D eigenvalue weighted by atomic mass is 9.96. The largest absolute Gasteiger partial charge is 0.406 e. The smallest absolute Gasteiger partial charge is 0.193 e. The van der Waals surface area contributed by atoms with E-state index in [4.69, 9.17) is 9.16 Å². The summed E-state index contributed by atoms with van der Waals surface area (Å²) >= 11 is 0. The molecule has 0 aliphatic carbocycles. The Hall–Kier alpha value is -1.94. The first-order valence-electron chi connectivity index (χ1n) is 11.4. The Labute approximate surface area is 188 Å². The summed E-state index contributed by atoms with van der Waals surface area (Å²) in [6, 6.07) is 8.39. The highest BCUT2D eigenvalue weighted by atomic mass is 28.4. The molecule has 31 heavy (non-hydrogen) atoms. The van der Waals surface area contributed by atoms with Crippen molar-refractivity contribution in [1.82, 2.24) is 15.0 Å². The van der Waals surface area contributed by atoms with Crippen molar-refractivity contribution in [3.05, 3.63) is 47.3 Å². The van der Waals surface area contributed by atoms with Crippen LogP contribution in [-0.2, 0) is 15.7 Å². The molecule has 1 saturated heterocycles. The van der Waals surface area contributed by atoms with Crippen LogP contribution in [0, 0.1) is 11.8 Å². The molecule has 1 aliphatic rings. The lowest BCUT2D eigenvalue weighted by Crippen LogP contribution is -2.40. The number of hydrogen-bond donors (Lipinski definition) is 0. The van der Waals surface area contributed by atoms with Crippen LogP contribution < -0.4 is 0 Å². The van der Waals surface area contributed by atoms with Crippen molar-refractivity contribution in [2.24, 2.45) is 0 Å². The van der Waals surface area contributed by atoms with Gasteiger partial charge in [-0.25, -0.2) is 4.68 Å². The molecule has 1 aliphatic heterocycles. The van der Waals surface area contributed by atoms with E-state index in [1.54, 1.807) is 0 Å². The summed E-state index contributed by atoms with van der Waals surface area (Å²) in [5.41, 5.74) is 3.17. The van der Waals surface area contributed by atoms with Crippen LogP contribution in [0.25, 0.3) is 0 Å². The first-order valence-corrected chi connectivity index (χ1v) is 14.3. The third-order valence-corrected chi connectivity index (χ3v) is 11.1. The molecule has 0 N–H and O–H groups in total. The van der Waals surface area contributed by atoms with Crippen LogP contribution in [0.4, 0.5) is 0 Å². The van der Waals surface area contributed by atoms with Crippen molar-refractivity contribution in [2.45, 2.75) is 83.7 Å².